The molecule has 136 valence electrons. The molecular weight excluding hydrogens is 292 g/mol. The molecule has 0 bridgehead atoms. The maximum Gasteiger partial charge on any atom is 0.309 e. The van der Waals surface area contributed by atoms with Crippen molar-refractivity contribution in [3.05, 3.63) is 0 Å². The van der Waals surface area contributed by atoms with Crippen molar-refractivity contribution < 1.29 is 19.8 Å². The second-order valence-corrected chi connectivity index (χ2v) is 6.98. The number of hydrogen-bond donors (Lipinski definition) is 2. The highest BCUT2D eigenvalue weighted by atomic mass is 16.4. The molecule has 4 nitrogen and oxygen atoms in total. The first-order valence-electron chi connectivity index (χ1n) is 9.31. The van der Waals surface area contributed by atoms with Gasteiger partial charge < -0.3 is 10.2 Å². The first kappa shape index (κ1) is 21.9. The van der Waals surface area contributed by atoms with Gasteiger partial charge >= 0.3 is 11.9 Å². The van der Waals surface area contributed by atoms with Gasteiger partial charge in [0.25, 0.3) is 0 Å². The molecule has 0 aliphatic rings. The third-order valence-corrected chi connectivity index (χ3v) is 5.33. The van der Waals surface area contributed by atoms with Crippen molar-refractivity contribution in [1.29, 1.82) is 0 Å². The Kier molecular flexibility index (Phi) is 10.2. The summed E-state index contributed by atoms with van der Waals surface area (Å²) in [5.41, 5.74) is -1.25. The van der Waals surface area contributed by atoms with Crippen LogP contribution in [0.4, 0.5) is 0 Å². The Labute approximate surface area is 141 Å². The molecule has 0 heterocycles. The molecule has 0 amide bonds. The number of hydrogen-bond acceptors (Lipinski definition) is 2. The zero-order chi connectivity index (χ0) is 17.9. The standard InChI is InChI=1S/C19H36O4/c1-5-11-18(8-4,16(20)21)14-9-10-15-19(12-6-2,13-7-3)17(22)23/h5-15H2,1-4H3,(H,20,21)(H,22,23). The minimum atomic E-state index is -0.700. The number of aliphatic carboxylic acids is 2. The van der Waals surface area contributed by atoms with Crippen molar-refractivity contribution in [2.45, 2.75) is 98.3 Å². The molecule has 0 rings (SSSR count). The van der Waals surface area contributed by atoms with Gasteiger partial charge in [0, 0.05) is 0 Å². The van der Waals surface area contributed by atoms with E-state index in [0.29, 0.717) is 38.5 Å². The van der Waals surface area contributed by atoms with Gasteiger partial charge in [0.05, 0.1) is 10.8 Å². The second-order valence-electron chi connectivity index (χ2n) is 6.98. The van der Waals surface area contributed by atoms with Crippen LogP contribution < -0.4 is 0 Å². The summed E-state index contributed by atoms with van der Waals surface area (Å²) in [6.45, 7) is 8.02. The summed E-state index contributed by atoms with van der Waals surface area (Å²) < 4.78 is 0. The van der Waals surface area contributed by atoms with E-state index in [1.807, 2.05) is 27.7 Å². The van der Waals surface area contributed by atoms with Crippen LogP contribution in [0, 0.1) is 10.8 Å². The molecule has 0 aliphatic heterocycles. The number of rotatable bonds is 14. The van der Waals surface area contributed by atoms with Crippen LogP contribution in [0.3, 0.4) is 0 Å². The molecule has 0 saturated carbocycles. The van der Waals surface area contributed by atoms with Crippen molar-refractivity contribution >= 4 is 11.9 Å². The van der Waals surface area contributed by atoms with E-state index in [1.165, 1.54) is 0 Å². The Morgan fingerprint density at radius 1 is 0.652 bits per heavy atom. The van der Waals surface area contributed by atoms with Gasteiger partial charge in [-0.15, -0.1) is 0 Å². The Balaban J connectivity index is 4.75. The summed E-state index contributed by atoms with van der Waals surface area (Å²) in [4.78, 5) is 23.4. The van der Waals surface area contributed by atoms with Crippen LogP contribution in [0.1, 0.15) is 98.3 Å². The highest BCUT2D eigenvalue weighted by molar-refractivity contribution is 5.75. The fourth-order valence-corrected chi connectivity index (χ4v) is 3.90. The number of unbranched alkanes of at least 4 members (excludes halogenated alkanes) is 1. The van der Waals surface area contributed by atoms with Crippen molar-refractivity contribution in [1.82, 2.24) is 0 Å². The largest absolute Gasteiger partial charge is 0.481 e. The number of carboxylic acid groups (broad SMARTS) is 2. The van der Waals surface area contributed by atoms with E-state index in [0.717, 1.165) is 32.1 Å². The molecule has 1 atom stereocenters. The first-order chi connectivity index (χ1) is 10.8. The molecule has 2 N–H and O–H groups in total. The Hall–Kier alpha value is -1.06. The lowest BCUT2D eigenvalue weighted by molar-refractivity contribution is -0.152. The summed E-state index contributed by atoms with van der Waals surface area (Å²) in [6.07, 6.45) is 8.28. The molecule has 0 aromatic heterocycles. The molecule has 0 aliphatic carbocycles. The summed E-state index contributed by atoms with van der Waals surface area (Å²) in [7, 11) is 0. The smallest absolute Gasteiger partial charge is 0.309 e. The molecule has 1 unspecified atom stereocenters. The van der Waals surface area contributed by atoms with E-state index in [1.54, 1.807) is 0 Å². The quantitative estimate of drug-likeness (QED) is 0.413. The fraction of sp³-hybridized carbons (Fsp3) is 0.895. The third kappa shape index (κ3) is 6.15. The Morgan fingerprint density at radius 2 is 1.00 bits per heavy atom. The highest BCUT2D eigenvalue weighted by Crippen LogP contribution is 2.39. The molecule has 0 spiro atoms. The van der Waals surface area contributed by atoms with E-state index in [9.17, 15) is 19.8 Å². The van der Waals surface area contributed by atoms with Crippen LogP contribution in [0.2, 0.25) is 0 Å². The summed E-state index contributed by atoms with van der Waals surface area (Å²) in [5.74, 6) is -1.39. The summed E-state index contributed by atoms with van der Waals surface area (Å²) in [5, 5.41) is 19.2. The first-order valence-corrected chi connectivity index (χ1v) is 9.31. The van der Waals surface area contributed by atoms with Gasteiger partial charge in [0.2, 0.25) is 0 Å². The van der Waals surface area contributed by atoms with Gasteiger partial charge in [-0.05, 0) is 38.5 Å². The van der Waals surface area contributed by atoms with Crippen LogP contribution >= 0.6 is 0 Å². The SMILES string of the molecule is CCCC(CC)(CCCCC(CCC)(CCC)C(=O)O)C(=O)O. The highest BCUT2D eigenvalue weighted by Gasteiger charge is 2.38. The van der Waals surface area contributed by atoms with E-state index in [-0.39, 0.29) is 0 Å². The lowest BCUT2D eigenvalue weighted by Gasteiger charge is -2.31. The zero-order valence-electron chi connectivity index (χ0n) is 15.5. The zero-order valence-corrected chi connectivity index (χ0v) is 15.5. The van der Waals surface area contributed by atoms with Crippen LogP contribution in [0.25, 0.3) is 0 Å². The normalized spacial score (nSPS) is 14.4. The predicted octanol–water partition coefficient (Wildman–Crippen LogP) is 5.50. The molecule has 23 heavy (non-hydrogen) atoms. The molecule has 0 saturated heterocycles. The van der Waals surface area contributed by atoms with Crippen LogP contribution in [0.5, 0.6) is 0 Å². The van der Waals surface area contributed by atoms with E-state index < -0.39 is 22.8 Å². The van der Waals surface area contributed by atoms with Gasteiger partial charge in [0.15, 0.2) is 0 Å². The van der Waals surface area contributed by atoms with Crippen LogP contribution in [0.15, 0.2) is 0 Å². The van der Waals surface area contributed by atoms with E-state index in [2.05, 4.69) is 0 Å². The van der Waals surface area contributed by atoms with E-state index in [4.69, 9.17) is 0 Å². The molecule has 4 heteroatoms. The topological polar surface area (TPSA) is 74.6 Å². The molecular formula is C19H36O4. The molecule has 0 fully saturated rings. The monoisotopic (exact) mass is 328 g/mol. The minimum Gasteiger partial charge on any atom is -0.481 e. The Bertz CT molecular complexity index is 358. The van der Waals surface area contributed by atoms with Crippen LogP contribution in [-0.2, 0) is 9.59 Å². The summed E-state index contributed by atoms with van der Waals surface area (Å²) in [6, 6.07) is 0. The average Bonchev–Trinajstić information content (AvgIpc) is 2.50. The Morgan fingerprint density at radius 3 is 1.30 bits per heavy atom. The molecule has 0 radical (unpaired) electrons. The molecule has 0 aromatic rings. The lowest BCUT2D eigenvalue weighted by Crippen LogP contribution is -2.32. The van der Waals surface area contributed by atoms with Gasteiger partial charge in [-0.25, -0.2) is 0 Å². The van der Waals surface area contributed by atoms with Gasteiger partial charge in [-0.2, -0.15) is 0 Å². The predicted molar refractivity (Wildman–Crippen MR) is 93.6 cm³/mol. The maximum absolute atomic E-state index is 11.8. The van der Waals surface area contributed by atoms with Gasteiger partial charge in [-0.1, -0.05) is 59.8 Å². The van der Waals surface area contributed by atoms with Crippen molar-refractivity contribution in [3.63, 3.8) is 0 Å². The number of carboxylic acids is 2. The van der Waals surface area contributed by atoms with Crippen molar-refractivity contribution in [2.24, 2.45) is 10.8 Å². The minimum absolute atomic E-state index is 0.619. The molecule has 0 aromatic carbocycles. The second kappa shape index (κ2) is 10.7. The van der Waals surface area contributed by atoms with Crippen molar-refractivity contribution in [3.8, 4) is 0 Å². The number of carbonyl (C=O) groups is 2. The van der Waals surface area contributed by atoms with Crippen LogP contribution in [-0.4, -0.2) is 22.2 Å². The third-order valence-electron chi connectivity index (χ3n) is 5.33. The average molecular weight is 328 g/mol. The summed E-state index contributed by atoms with van der Waals surface area (Å²) >= 11 is 0. The van der Waals surface area contributed by atoms with E-state index >= 15 is 0 Å². The lowest BCUT2D eigenvalue weighted by atomic mass is 9.73. The fourth-order valence-electron chi connectivity index (χ4n) is 3.90. The van der Waals surface area contributed by atoms with Gasteiger partial charge in [0.1, 0.15) is 0 Å². The van der Waals surface area contributed by atoms with Crippen molar-refractivity contribution in [2.75, 3.05) is 0 Å². The maximum atomic E-state index is 11.8. The van der Waals surface area contributed by atoms with Gasteiger partial charge in [-0.3, -0.25) is 9.59 Å².